The van der Waals surface area contributed by atoms with Crippen molar-refractivity contribution in [1.82, 2.24) is 0 Å². The van der Waals surface area contributed by atoms with E-state index in [0.717, 1.165) is 10.4 Å². The summed E-state index contributed by atoms with van der Waals surface area (Å²) in [6.07, 6.45) is 1.10. The van der Waals surface area contributed by atoms with E-state index in [1.165, 1.54) is 5.56 Å². The molecule has 0 aliphatic carbocycles. The molecule has 0 spiro atoms. The fourth-order valence-corrected chi connectivity index (χ4v) is 2.87. The summed E-state index contributed by atoms with van der Waals surface area (Å²) in [6.45, 7) is 2.29. The van der Waals surface area contributed by atoms with Crippen LogP contribution in [0.1, 0.15) is 22.8 Å². The molecule has 0 aromatic heterocycles. The molecule has 2 nitrogen and oxygen atoms in total. The van der Waals surface area contributed by atoms with E-state index in [1.807, 2.05) is 42.5 Å². The van der Waals surface area contributed by atoms with Crippen molar-refractivity contribution >= 4 is 26.9 Å². The van der Waals surface area contributed by atoms with Crippen LogP contribution in [0, 0.1) is 0 Å². The fraction of sp³-hybridized carbons (Fsp3) is 0.235. The summed E-state index contributed by atoms with van der Waals surface area (Å²) in [6, 6.07) is 16.9. The van der Waals surface area contributed by atoms with Crippen molar-refractivity contribution in [2.75, 3.05) is 0 Å². The number of ether oxygens (including phenoxy) is 1. The minimum atomic E-state index is -0.305. The molecule has 1 atom stereocenters. The Morgan fingerprint density at radius 2 is 1.75 bits per heavy atom. The zero-order chi connectivity index (χ0) is 14.4. The van der Waals surface area contributed by atoms with E-state index in [1.54, 1.807) is 12.1 Å². The maximum atomic E-state index is 12.0. The summed E-state index contributed by atoms with van der Waals surface area (Å²) in [4.78, 5) is 14.3. The van der Waals surface area contributed by atoms with Gasteiger partial charge in [0, 0.05) is 0 Å². The molecule has 0 heterocycles. The third-order valence-electron chi connectivity index (χ3n) is 3.07. The summed E-state index contributed by atoms with van der Waals surface area (Å²) in [5, 5.41) is 0. The Bertz CT molecular complexity index is 549. The number of para-hydroxylation sites is 1. The number of rotatable bonds is 5. The van der Waals surface area contributed by atoms with E-state index < -0.39 is 0 Å². The van der Waals surface area contributed by atoms with Gasteiger partial charge in [-0.25, -0.2) is 0 Å². The van der Waals surface area contributed by atoms with Gasteiger partial charge in [-0.3, -0.25) is 0 Å². The molecule has 0 radical (unpaired) electrons. The monoisotopic (exact) mass is 384 g/mol. The predicted octanol–water partition coefficient (Wildman–Crippen LogP) is 4.01. The number of carbonyl (C=O) groups excluding carboxylic acids is 1. The van der Waals surface area contributed by atoms with Crippen LogP contribution in [-0.2, 0) is 6.42 Å². The third kappa shape index (κ3) is 4.37. The summed E-state index contributed by atoms with van der Waals surface area (Å²) in [5.74, 6) is 0.270. The second kappa shape index (κ2) is 7.47. The van der Waals surface area contributed by atoms with Gasteiger partial charge in [0.2, 0.25) is 0 Å². The molecule has 3 heteroatoms. The second-order valence-electron chi connectivity index (χ2n) is 4.65. The molecule has 20 heavy (non-hydrogen) atoms. The van der Waals surface area contributed by atoms with Crippen LogP contribution in [-0.4, -0.2) is 26.9 Å². The summed E-state index contributed by atoms with van der Waals surface area (Å²) < 4.78 is 6.10. The molecule has 0 saturated heterocycles. The molecule has 2 aromatic carbocycles. The third-order valence-corrected chi connectivity index (χ3v) is 5.84. The van der Waals surface area contributed by atoms with E-state index in [4.69, 9.17) is 4.74 Å². The van der Waals surface area contributed by atoms with E-state index in [-0.39, 0.29) is 26.9 Å². The van der Waals surface area contributed by atoms with Gasteiger partial charge >= 0.3 is 130 Å². The van der Waals surface area contributed by atoms with Gasteiger partial charge < -0.3 is 0 Å². The number of carbonyl (C=O) groups is 1. The van der Waals surface area contributed by atoms with Crippen LogP contribution < -0.4 is 4.74 Å². The SMILES string of the molecule is C[Te]C(C)Cc1ccc(C(=O)Oc2ccccc2)cc1. The van der Waals surface area contributed by atoms with Gasteiger partial charge in [-0.05, 0) is 0 Å². The Balaban J connectivity index is 2.01. The number of benzene rings is 2. The van der Waals surface area contributed by atoms with Crippen molar-refractivity contribution in [3.05, 3.63) is 65.7 Å². The van der Waals surface area contributed by atoms with Crippen LogP contribution in [0.15, 0.2) is 54.6 Å². The number of hydrogen-bond acceptors (Lipinski definition) is 2. The molecule has 0 N–H and O–H groups in total. The van der Waals surface area contributed by atoms with Crippen molar-refractivity contribution in [1.29, 1.82) is 0 Å². The van der Waals surface area contributed by atoms with Crippen LogP contribution in [0.3, 0.4) is 0 Å². The Labute approximate surface area is 130 Å². The fourth-order valence-electron chi connectivity index (χ4n) is 1.85. The average Bonchev–Trinajstić information content (AvgIpc) is 2.49. The molecule has 2 aromatic rings. The van der Waals surface area contributed by atoms with Crippen molar-refractivity contribution in [3.8, 4) is 5.75 Å². The second-order valence-corrected chi connectivity index (χ2v) is 8.29. The first-order chi connectivity index (χ1) is 9.69. The zero-order valence-corrected chi connectivity index (χ0v) is 14.0. The molecular formula is C17H18O2Te. The Hall–Kier alpha value is -1.30. The Morgan fingerprint density at radius 1 is 1.10 bits per heavy atom. The molecule has 1 unspecified atom stereocenters. The van der Waals surface area contributed by atoms with Crippen LogP contribution >= 0.6 is 0 Å². The van der Waals surface area contributed by atoms with Crippen molar-refractivity contribution in [2.24, 2.45) is 0 Å². The van der Waals surface area contributed by atoms with Crippen molar-refractivity contribution in [2.45, 2.75) is 22.3 Å². The molecule has 0 amide bonds. The van der Waals surface area contributed by atoms with Gasteiger partial charge in [-0.2, -0.15) is 0 Å². The first-order valence-electron chi connectivity index (χ1n) is 6.58. The Morgan fingerprint density at radius 3 is 2.35 bits per heavy atom. The van der Waals surface area contributed by atoms with Gasteiger partial charge in [0.15, 0.2) is 0 Å². The first-order valence-corrected chi connectivity index (χ1v) is 10.3. The van der Waals surface area contributed by atoms with Crippen molar-refractivity contribution < 1.29 is 9.53 Å². The van der Waals surface area contributed by atoms with E-state index in [9.17, 15) is 4.79 Å². The van der Waals surface area contributed by atoms with E-state index in [2.05, 4.69) is 11.9 Å². The van der Waals surface area contributed by atoms with Crippen LogP contribution in [0.25, 0.3) is 0 Å². The molecule has 0 fully saturated rings. The maximum absolute atomic E-state index is 12.0. The van der Waals surface area contributed by atoms with Crippen LogP contribution in [0.2, 0.25) is 8.94 Å². The number of esters is 1. The number of hydrogen-bond donors (Lipinski definition) is 0. The zero-order valence-electron chi connectivity index (χ0n) is 11.7. The molecule has 2 rings (SSSR count). The topological polar surface area (TPSA) is 26.3 Å². The minimum absolute atomic E-state index is 0.110. The molecule has 0 bridgehead atoms. The Kier molecular flexibility index (Phi) is 5.64. The summed E-state index contributed by atoms with van der Waals surface area (Å²) in [7, 11) is 0. The van der Waals surface area contributed by atoms with E-state index in [0.29, 0.717) is 11.3 Å². The predicted molar refractivity (Wildman–Crippen MR) is 82.6 cm³/mol. The summed E-state index contributed by atoms with van der Waals surface area (Å²) in [5.41, 5.74) is 1.89. The molecule has 0 aliphatic rings. The molecule has 104 valence electrons. The van der Waals surface area contributed by atoms with Crippen molar-refractivity contribution in [3.63, 3.8) is 0 Å². The van der Waals surface area contributed by atoms with Gasteiger partial charge in [0.1, 0.15) is 0 Å². The molecule has 0 saturated carbocycles. The molecule has 0 aliphatic heterocycles. The van der Waals surface area contributed by atoms with Gasteiger partial charge in [-0.15, -0.1) is 0 Å². The first kappa shape index (κ1) is 15.1. The van der Waals surface area contributed by atoms with Gasteiger partial charge in [0.25, 0.3) is 0 Å². The average molecular weight is 382 g/mol. The van der Waals surface area contributed by atoms with Crippen LogP contribution in [0.5, 0.6) is 5.75 Å². The summed E-state index contributed by atoms with van der Waals surface area (Å²) >= 11 is 0.110. The van der Waals surface area contributed by atoms with Gasteiger partial charge in [-0.1, -0.05) is 0 Å². The quantitative estimate of drug-likeness (QED) is 0.444. The molecular weight excluding hydrogens is 364 g/mol. The van der Waals surface area contributed by atoms with E-state index >= 15 is 0 Å². The standard InChI is InChI=1S/C17H18O2Te/c1-13(20-2)12-14-8-10-15(11-9-14)17(18)19-16-6-4-3-5-7-16/h3-11,13H,12H2,1-2H3. The van der Waals surface area contributed by atoms with Crippen LogP contribution in [0.4, 0.5) is 0 Å². The van der Waals surface area contributed by atoms with Gasteiger partial charge in [0.05, 0.1) is 0 Å². The normalized spacial score (nSPS) is 11.9.